The third kappa shape index (κ3) is 4.95. The molecule has 0 unspecified atom stereocenters. The van der Waals surface area contributed by atoms with E-state index in [2.05, 4.69) is 14.7 Å². The highest BCUT2D eigenvalue weighted by Gasteiger charge is 2.26. The molecule has 2 heterocycles. The standard InChI is InChI=1S/C26H19FN4O3S2/c27-18-12-14-20(15-13-18)36(33,34)30-22-9-2-1-8-21(22)25(32)31(17-19-7-5-6-16-28-19)26-29-23-10-3-4-11-24(23)35-26/h1-16,30H,17H2. The molecular formula is C26H19FN4O3S2. The van der Waals surface area contributed by atoms with E-state index in [1.807, 2.05) is 30.3 Å². The van der Waals surface area contributed by atoms with E-state index in [0.29, 0.717) is 10.8 Å². The maximum atomic E-state index is 13.9. The molecule has 1 N–H and O–H groups in total. The first-order valence-corrected chi connectivity index (χ1v) is 13.2. The Morgan fingerprint density at radius 1 is 0.917 bits per heavy atom. The average Bonchev–Trinajstić information content (AvgIpc) is 3.32. The van der Waals surface area contributed by atoms with Crippen LogP contribution in [0.3, 0.4) is 0 Å². The van der Waals surface area contributed by atoms with E-state index >= 15 is 0 Å². The van der Waals surface area contributed by atoms with Crippen molar-refractivity contribution in [2.75, 3.05) is 9.62 Å². The number of nitrogens with zero attached hydrogens (tertiary/aromatic N) is 3. The number of halogens is 1. The lowest BCUT2D eigenvalue weighted by Gasteiger charge is -2.21. The number of hydrogen-bond donors (Lipinski definition) is 1. The molecular weight excluding hydrogens is 499 g/mol. The monoisotopic (exact) mass is 518 g/mol. The van der Waals surface area contributed by atoms with Gasteiger partial charge < -0.3 is 0 Å². The van der Waals surface area contributed by atoms with Crippen molar-refractivity contribution in [3.05, 3.63) is 114 Å². The zero-order valence-corrected chi connectivity index (χ0v) is 20.3. The Morgan fingerprint density at radius 3 is 2.39 bits per heavy atom. The van der Waals surface area contributed by atoms with Crippen molar-refractivity contribution in [1.29, 1.82) is 0 Å². The van der Waals surface area contributed by atoms with Gasteiger partial charge in [-0.25, -0.2) is 17.8 Å². The minimum atomic E-state index is -4.07. The number of aromatic nitrogens is 2. The van der Waals surface area contributed by atoms with E-state index in [1.165, 1.54) is 22.3 Å². The molecule has 7 nitrogen and oxygen atoms in total. The van der Waals surface area contributed by atoms with E-state index in [4.69, 9.17) is 0 Å². The number of rotatable bonds is 7. The molecule has 0 radical (unpaired) electrons. The number of carbonyl (C=O) groups excluding carboxylic acids is 1. The molecule has 0 aliphatic carbocycles. The quantitative estimate of drug-likeness (QED) is 0.308. The summed E-state index contributed by atoms with van der Waals surface area (Å²) in [5.74, 6) is -0.998. The molecule has 0 saturated carbocycles. The van der Waals surface area contributed by atoms with Gasteiger partial charge in [-0.2, -0.15) is 0 Å². The largest absolute Gasteiger partial charge is 0.279 e. The van der Waals surface area contributed by atoms with Gasteiger partial charge in [-0.05, 0) is 60.7 Å². The van der Waals surface area contributed by atoms with Crippen molar-refractivity contribution in [3.63, 3.8) is 0 Å². The Balaban J connectivity index is 1.54. The molecule has 0 aliphatic rings. The number of sulfonamides is 1. The lowest BCUT2D eigenvalue weighted by molar-refractivity contribution is 0.0985. The number of pyridine rings is 1. The topological polar surface area (TPSA) is 92.3 Å². The number of hydrogen-bond acceptors (Lipinski definition) is 6. The fraction of sp³-hybridized carbons (Fsp3) is 0.0385. The first-order chi connectivity index (χ1) is 17.4. The van der Waals surface area contributed by atoms with Crippen LogP contribution in [0.4, 0.5) is 15.2 Å². The summed E-state index contributed by atoms with van der Waals surface area (Å²) in [7, 11) is -4.07. The zero-order chi connectivity index (χ0) is 25.1. The van der Waals surface area contributed by atoms with Crippen LogP contribution in [-0.2, 0) is 16.6 Å². The number of benzene rings is 3. The molecule has 10 heteroatoms. The number of amides is 1. The van der Waals surface area contributed by atoms with Crippen molar-refractivity contribution < 1.29 is 17.6 Å². The molecule has 5 rings (SSSR count). The number of thiazole rings is 1. The van der Waals surface area contributed by atoms with Crippen LogP contribution in [-0.4, -0.2) is 24.3 Å². The van der Waals surface area contributed by atoms with Crippen LogP contribution in [0.2, 0.25) is 0 Å². The van der Waals surface area contributed by atoms with Crippen LogP contribution in [0.1, 0.15) is 16.1 Å². The fourth-order valence-electron chi connectivity index (χ4n) is 3.58. The summed E-state index contributed by atoms with van der Waals surface area (Å²) in [5, 5.41) is 0.461. The Hall–Kier alpha value is -4.15. The second-order valence-corrected chi connectivity index (χ2v) is 10.5. The van der Waals surface area contributed by atoms with E-state index in [9.17, 15) is 17.6 Å². The zero-order valence-electron chi connectivity index (χ0n) is 18.7. The summed E-state index contributed by atoms with van der Waals surface area (Å²) in [6.45, 7) is 0.137. The van der Waals surface area contributed by atoms with Crippen molar-refractivity contribution in [2.24, 2.45) is 0 Å². The van der Waals surface area contributed by atoms with Gasteiger partial charge in [-0.15, -0.1) is 0 Å². The van der Waals surface area contributed by atoms with Crippen LogP contribution in [0.25, 0.3) is 10.2 Å². The summed E-state index contributed by atoms with van der Waals surface area (Å²) < 4.78 is 42.6. The first kappa shape index (κ1) is 23.6. The Labute approximate surface area is 210 Å². The molecule has 36 heavy (non-hydrogen) atoms. The Bertz CT molecular complexity index is 1610. The number of para-hydroxylation sites is 2. The second kappa shape index (κ2) is 9.84. The highest BCUT2D eigenvalue weighted by Crippen LogP contribution is 2.32. The normalized spacial score (nSPS) is 11.4. The average molecular weight is 519 g/mol. The van der Waals surface area contributed by atoms with E-state index < -0.39 is 21.7 Å². The van der Waals surface area contributed by atoms with Gasteiger partial charge in [0.25, 0.3) is 15.9 Å². The molecule has 0 spiro atoms. The van der Waals surface area contributed by atoms with Gasteiger partial charge in [0.15, 0.2) is 5.13 Å². The fourth-order valence-corrected chi connectivity index (χ4v) is 5.62. The second-order valence-electron chi connectivity index (χ2n) is 7.78. The van der Waals surface area contributed by atoms with Crippen LogP contribution in [0, 0.1) is 5.82 Å². The molecule has 180 valence electrons. The number of fused-ring (bicyclic) bond motifs is 1. The summed E-state index contributed by atoms with van der Waals surface area (Å²) >= 11 is 1.36. The molecule has 0 atom stereocenters. The van der Waals surface area contributed by atoms with Gasteiger partial charge in [0, 0.05) is 6.20 Å². The van der Waals surface area contributed by atoms with E-state index in [1.54, 1.807) is 36.5 Å². The molecule has 1 amide bonds. The van der Waals surface area contributed by atoms with Crippen LogP contribution in [0.15, 0.2) is 102 Å². The van der Waals surface area contributed by atoms with Crippen molar-refractivity contribution in [3.8, 4) is 0 Å². The SMILES string of the molecule is O=C(c1ccccc1NS(=O)(=O)c1ccc(F)cc1)N(Cc1ccccn1)c1nc2ccccc2s1. The summed E-state index contributed by atoms with van der Waals surface area (Å²) in [4.78, 5) is 24.2. The molecule has 2 aromatic heterocycles. The summed E-state index contributed by atoms with van der Waals surface area (Å²) in [5.41, 5.74) is 1.63. The van der Waals surface area contributed by atoms with Crippen LogP contribution < -0.4 is 9.62 Å². The summed E-state index contributed by atoms with van der Waals surface area (Å²) in [6, 6.07) is 23.8. The van der Waals surface area contributed by atoms with Gasteiger partial charge in [0.1, 0.15) is 5.82 Å². The van der Waals surface area contributed by atoms with Gasteiger partial charge in [0.2, 0.25) is 0 Å². The maximum absolute atomic E-state index is 13.9. The van der Waals surface area contributed by atoms with Crippen molar-refractivity contribution in [1.82, 2.24) is 9.97 Å². The molecule has 0 aliphatic heterocycles. The lowest BCUT2D eigenvalue weighted by Crippen LogP contribution is -2.31. The maximum Gasteiger partial charge on any atom is 0.262 e. The van der Waals surface area contributed by atoms with E-state index in [-0.39, 0.29) is 22.7 Å². The minimum absolute atomic E-state index is 0.0963. The molecule has 3 aromatic carbocycles. The Morgan fingerprint density at radius 2 is 1.64 bits per heavy atom. The van der Waals surface area contributed by atoms with Gasteiger partial charge in [-0.3, -0.25) is 19.4 Å². The molecule has 0 bridgehead atoms. The smallest absolute Gasteiger partial charge is 0.262 e. The van der Waals surface area contributed by atoms with Crippen LogP contribution >= 0.6 is 11.3 Å². The highest BCUT2D eigenvalue weighted by atomic mass is 32.2. The molecule has 0 fully saturated rings. The number of nitrogens with one attached hydrogen (secondary N) is 1. The first-order valence-electron chi connectivity index (χ1n) is 10.9. The van der Waals surface area contributed by atoms with Crippen molar-refractivity contribution >= 4 is 48.3 Å². The molecule has 0 saturated heterocycles. The molecule has 5 aromatic rings. The van der Waals surface area contributed by atoms with Crippen molar-refractivity contribution in [2.45, 2.75) is 11.4 Å². The van der Waals surface area contributed by atoms with Gasteiger partial charge in [-0.1, -0.05) is 41.7 Å². The van der Waals surface area contributed by atoms with Gasteiger partial charge >= 0.3 is 0 Å². The van der Waals surface area contributed by atoms with Gasteiger partial charge in [0.05, 0.1) is 38.6 Å². The third-order valence-corrected chi connectivity index (χ3v) is 7.77. The predicted octanol–water partition coefficient (Wildman–Crippen LogP) is 5.48. The summed E-state index contributed by atoms with van der Waals surface area (Å²) in [6.07, 6.45) is 1.64. The number of carbonyl (C=O) groups is 1. The Kier molecular flexibility index (Phi) is 6.45. The van der Waals surface area contributed by atoms with E-state index in [0.717, 1.165) is 34.5 Å². The minimum Gasteiger partial charge on any atom is -0.279 e. The number of anilines is 2. The van der Waals surface area contributed by atoms with Crippen LogP contribution in [0.5, 0.6) is 0 Å². The highest BCUT2D eigenvalue weighted by molar-refractivity contribution is 7.92. The third-order valence-electron chi connectivity index (χ3n) is 5.33. The lowest BCUT2D eigenvalue weighted by atomic mass is 10.1. The predicted molar refractivity (Wildman–Crippen MR) is 138 cm³/mol.